The van der Waals surface area contributed by atoms with Crippen molar-refractivity contribution >= 4 is 23.2 Å². The van der Waals surface area contributed by atoms with E-state index in [2.05, 4.69) is 10.6 Å². The predicted molar refractivity (Wildman–Crippen MR) is 92.5 cm³/mol. The van der Waals surface area contributed by atoms with Crippen LogP contribution in [-0.4, -0.2) is 25.0 Å². The van der Waals surface area contributed by atoms with Crippen LogP contribution >= 0.6 is 0 Å². The maximum Gasteiger partial charge on any atom is 0.314 e. The molecule has 2 amide bonds. The van der Waals surface area contributed by atoms with E-state index in [1.807, 2.05) is 13.8 Å². The summed E-state index contributed by atoms with van der Waals surface area (Å²) < 4.78 is 10.6. The Balaban J connectivity index is 1.97. The molecule has 2 rings (SSSR count). The maximum atomic E-state index is 12.0. The zero-order chi connectivity index (χ0) is 17.5. The molecule has 0 radical (unpaired) electrons. The van der Waals surface area contributed by atoms with Gasteiger partial charge in [0.15, 0.2) is 0 Å². The van der Waals surface area contributed by atoms with Gasteiger partial charge >= 0.3 is 11.8 Å². The Labute approximate surface area is 140 Å². The average molecular weight is 328 g/mol. The summed E-state index contributed by atoms with van der Waals surface area (Å²) in [6.45, 7) is 3.86. The molecule has 126 valence electrons. The van der Waals surface area contributed by atoms with Crippen molar-refractivity contribution in [1.29, 1.82) is 0 Å². The van der Waals surface area contributed by atoms with Gasteiger partial charge in [0.2, 0.25) is 0 Å². The molecule has 0 bridgehead atoms. The van der Waals surface area contributed by atoms with Gasteiger partial charge in [-0.1, -0.05) is 12.1 Å². The molecule has 24 heavy (non-hydrogen) atoms. The number of hydrogen-bond acceptors (Lipinski definition) is 4. The molecule has 0 aliphatic heterocycles. The van der Waals surface area contributed by atoms with Gasteiger partial charge in [0, 0.05) is 5.69 Å². The quantitative estimate of drug-likeness (QED) is 0.827. The molecule has 0 spiro atoms. The summed E-state index contributed by atoms with van der Waals surface area (Å²) in [6, 6.07) is 13.7. The first-order chi connectivity index (χ1) is 11.5. The lowest BCUT2D eigenvalue weighted by Gasteiger charge is -2.11. The summed E-state index contributed by atoms with van der Waals surface area (Å²) in [4.78, 5) is 24.0. The van der Waals surface area contributed by atoms with Crippen LogP contribution in [0.15, 0.2) is 48.5 Å². The maximum absolute atomic E-state index is 12.0. The second-order valence-corrected chi connectivity index (χ2v) is 5.30. The minimum absolute atomic E-state index is 0.0667. The molecular formula is C18H20N2O4. The van der Waals surface area contributed by atoms with Gasteiger partial charge in [0.1, 0.15) is 11.5 Å². The number of amides is 2. The number of carbonyl (C=O) groups is 2. The van der Waals surface area contributed by atoms with Crippen LogP contribution < -0.4 is 20.1 Å². The number of benzene rings is 2. The van der Waals surface area contributed by atoms with E-state index in [1.165, 1.54) is 7.11 Å². The molecule has 0 aromatic heterocycles. The van der Waals surface area contributed by atoms with Crippen molar-refractivity contribution in [2.45, 2.75) is 20.0 Å². The van der Waals surface area contributed by atoms with Crippen LogP contribution in [0.5, 0.6) is 11.5 Å². The molecule has 0 fully saturated rings. The summed E-state index contributed by atoms with van der Waals surface area (Å²) in [7, 11) is 1.49. The first kappa shape index (κ1) is 17.3. The van der Waals surface area contributed by atoms with E-state index in [4.69, 9.17) is 9.47 Å². The fourth-order valence-corrected chi connectivity index (χ4v) is 2.00. The second kappa shape index (κ2) is 8.01. The van der Waals surface area contributed by atoms with E-state index in [-0.39, 0.29) is 6.10 Å². The second-order valence-electron chi connectivity index (χ2n) is 5.30. The zero-order valence-electron chi connectivity index (χ0n) is 13.8. The zero-order valence-corrected chi connectivity index (χ0v) is 13.8. The van der Waals surface area contributed by atoms with Crippen molar-refractivity contribution in [3.05, 3.63) is 48.5 Å². The molecule has 2 aromatic rings. The molecule has 0 heterocycles. The molecule has 0 atom stereocenters. The number of carbonyl (C=O) groups excluding carboxylic acids is 2. The van der Waals surface area contributed by atoms with Crippen molar-refractivity contribution in [2.75, 3.05) is 17.7 Å². The summed E-state index contributed by atoms with van der Waals surface area (Å²) in [5, 5.41) is 5.05. The van der Waals surface area contributed by atoms with Gasteiger partial charge in [0.05, 0.1) is 18.9 Å². The molecule has 2 N–H and O–H groups in total. The standard InChI is InChI=1S/C18H20N2O4/c1-12(2)24-14-10-8-13(9-11-14)19-17(21)18(22)20-15-6-4-5-7-16(15)23-3/h4-12H,1-3H3,(H,19,21)(H,20,22). The van der Waals surface area contributed by atoms with E-state index in [9.17, 15) is 9.59 Å². The molecular weight excluding hydrogens is 308 g/mol. The summed E-state index contributed by atoms with van der Waals surface area (Å²) in [6.07, 6.45) is 0.0667. The van der Waals surface area contributed by atoms with Crippen LogP contribution in [0.2, 0.25) is 0 Å². The highest BCUT2D eigenvalue weighted by Crippen LogP contribution is 2.23. The first-order valence-electron chi connectivity index (χ1n) is 7.51. The fourth-order valence-electron chi connectivity index (χ4n) is 2.00. The highest BCUT2D eigenvalue weighted by molar-refractivity contribution is 6.43. The normalized spacial score (nSPS) is 10.2. The number of nitrogens with one attached hydrogen (secondary N) is 2. The Morgan fingerprint density at radius 1 is 0.917 bits per heavy atom. The number of methoxy groups -OCH3 is 1. The van der Waals surface area contributed by atoms with E-state index >= 15 is 0 Å². The first-order valence-corrected chi connectivity index (χ1v) is 7.51. The van der Waals surface area contributed by atoms with Gasteiger partial charge in [-0.05, 0) is 50.2 Å². The van der Waals surface area contributed by atoms with Gasteiger partial charge in [-0.15, -0.1) is 0 Å². The van der Waals surface area contributed by atoms with Crippen LogP contribution in [0.4, 0.5) is 11.4 Å². The van der Waals surface area contributed by atoms with Gasteiger partial charge in [0.25, 0.3) is 0 Å². The van der Waals surface area contributed by atoms with Crippen molar-refractivity contribution in [3.63, 3.8) is 0 Å². The highest BCUT2D eigenvalue weighted by atomic mass is 16.5. The summed E-state index contributed by atoms with van der Waals surface area (Å²) in [5.74, 6) is -0.365. The van der Waals surface area contributed by atoms with E-state index in [1.54, 1.807) is 48.5 Å². The SMILES string of the molecule is COc1ccccc1NC(=O)C(=O)Nc1ccc(OC(C)C)cc1. The van der Waals surface area contributed by atoms with Crippen LogP contribution in [0.3, 0.4) is 0 Å². The number of ether oxygens (including phenoxy) is 2. The van der Waals surface area contributed by atoms with Crippen molar-refractivity contribution in [3.8, 4) is 11.5 Å². The Bertz CT molecular complexity index is 711. The van der Waals surface area contributed by atoms with E-state index in [0.29, 0.717) is 22.9 Å². The summed E-state index contributed by atoms with van der Waals surface area (Å²) in [5.41, 5.74) is 0.937. The molecule has 6 heteroatoms. The Morgan fingerprint density at radius 2 is 1.54 bits per heavy atom. The fraction of sp³-hybridized carbons (Fsp3) is 0.222. The number of rotatable bonds is 5. The third-order valence-corrected chi connectivity index (χ3v) is 3.05. The van der Waals surface area contributed by atoms with E-state index in [0.717, 1.165) is 0 Å². The number of para-hydroxylation sites is 2. The smallest absolute Gasteiger partial charge is 0.314 e. The summed E-state index contributed by atoms with van der Waals surface area (Å²) >= 11 is 0. The van der Waals surface area contributed by atoms with Gasteiger partial charge in [-0.3, -0.25) is 9.59 Å². The van der Waals surface area contributed by atoms with Crippen molar-refractivity contribution in [2.24, 2.45) is 0 Å². The Hall–Kier alpha value is -3.02. The molecule has 6 nitrogen and oxygen atoms in total. The largest absolute Gasteiger partial charge is 0.495 e. The lowest BCUT2D eigenvalue weighted by molar-refractivity contribution is -0.133. The van der Waals surface area contributed by atoms with Gasteiger partial charge in [-0.2, -0.15) is 0 Å². The molecule has 0 saturated heterocycles. The number of hydrogen-bond donors (Lipinski definition) is 2. The lowest BCUT2D eigenvalue weighted by Crippen LogP contribution is -2.29. The average Bonchev–Trinajstić information content (AvgIpc) is 2.56. The molecule has 0 aliphatic rings. The van der Waals surface area contributed by atoms with Crippen LogP contribution in [0, 0.1) is 0 Å². The van der Waals surface area contributed by atoms with Gasteiger partial charge in [-0.25, -0.2) is 0 Å². The third kappa shape index (κ3) is 4.74. The lowest BCUT2D eigenvalue weighted by atomic mass is 10.2. The predicted octanol–water partition coefficient (Wildman–Crippen LogP) is 3.06. The van der Waals surface area contributed by atoms with Crippen LogP contribution in [-0.2, 0) is 9.59 Å². The Morgan fingerprint density at radius 3 is 2.17 bits per heavy atom. The minimum atomic E-state index is -0.776. The van der Waals surface area contributed by atoms with Crippen molar-refractivity contribution < 1.29 is 19.1 Å². The molecule has 2 aromatic carbocycles. The van der Waals surface area contributed by atoms with Crippen LogP contribution in [0.1, 0.15) is 13.8 Å². The topological polar surface area (TPSA) is 76.7 Å². The van der Waals surface area contributed by atoms with E-state index < -0.39 is 11.8 Å². The van der Waals surface area contributed by atoms with Crippen LogP contribution in [0.25, 0.3) is 0 Å². The number of anilines is 2. The Kier molecular flexibility index (Phi) is 5.78. The van der Waals surface area contributed by atoms with Gasteiger partial charge < -0.3 is 20.1 Å². The minimum Gasteiger partial charge on any atom is -0.495 e. The molecule has 0 aliphatic carbocycles. The monoisotopic (exact) mass is 328 g/mol. The molecule has 0 saturated carbocycles. The molecule has 0 unspecified atom stereocenters. The van der Waals surface area contributed by atoms with Crippen molar-refractivity contribution in [1.82, 2.24) is 0 Å². The highest BCUT2D eigenvalue weighted by Gasteiger charge is 2.15. The third-order valence-electron chi connectivity index (χ3n) is 3.05.